The molecule has 5 rings (SSSR count). The molecule has 1 aliphatic carbocycles. The molecular formula is C24H26F3N5O. The van der Waals surface area contributed by atoms with Crippen LogP contribution in [0.25, 0.3) is 22.0 Å². The Kier molecular flexibility index (Phi) is 5.47. The van der Waals surface area contributed by atoms with Crippen LogP contribution in [-0.2, 0) is 18.3 Å². The van der Waals surface area contributed by atoms with Crippen molar-refractivity contribution in [1.82, 2.24) is 24.6 Å². The van der Waals surface area contributed by atoms with Gasteiger partial charge in [-0.15, -0.1) is 0 Å². The Labute approximate surface area is 189 Å². The SMILES string of the molecule is Cn1cc(-c2cnc3cnc(CC(=O)C4CCN(CC5(C(F)(F)F)CC5)CC4)cc3c2)cn1. The third kappa shape index (κ3) is 4.51. The highest BCUT2D eigenvalue weighted by molar-refractivity contribution is 5.86. The van der Waals surface area contributed by atoms with E-state index in [1.165, 1.54) is 0 Å². The van der Waals surface area contributed by atoms with Gasteiger partial charge in [0.2, 0.25) is 0 Å². The fourth-order valence-electron chi connectivity index (χ4n) is 4.75. The van der Waals surface area contributed by atoms with E-state index in [1.807, 2.05) is 30.3 Å². The van der Waals surface area contributed by atoms with E-state index >= 15 is 0 Å². The molecule has 33 heavy (non-hydrogen) atoms. The van der Waals surface area contributed by atoms with Crippen LogP contribution in [0.4, 0.5) is 13.2 Å². The van der Waals surface area contributed by atoms with Gasteiger partial charge in [-0.25, -0.2) is 0 Å². The Morgan fingerprint density at radius 3 is 2.48 bits per heavy atom. The molecule has 0 spiro atoms. The summed E-state index contributed by atoms with van der Waals surface area (Å²) in [6.07, 6.45) is 4.91. The van der Waals surface area contributed by atoms with E-state index in [9.17, 15) is 18.0 Å². The number of halogens is 3. The van der Waals surface area contributed by atoms with Gasteiger partial charge < -0.3 is 4.90 Å². The minimum Gasteiger partial charge on any atom is -0.302 e. The van der Waals surface area contributed by atoms with Crippen LogP contribution in [0.3, 0.4) is 0 Å². The molecule has 3 aromatic heterocycles. The lowest BCUT2D eigenvalue weighted by molar-refractivity contribution is -0.192. The average Bonchev–Trinajstić information content (AvgIpc) is 3.45. The topological polar surface area (TPSA) is 63.9 Å². The highest BCUT2D eigenvalue weighted by Crippen LogP contribution is 2.58. The summed E-state index contributed by atoms with van der Waals surface area (Å²) in [5.74, 6) is -0.0190. The maximum absolute atomic E-state index is 13.2. The highest BCUT2D eigenvalue weighted by atomic mass is 19.4. The van der Waals surface area contributed by atoms with Gasteiger partial charge in [-0.05, 0) is 50.9 Å². The number of nitrogens with zero attached hydrogens (tertiary/aromatic N) is 5. The lowest BCUT2D eigenvalue weighted by atomic mass is 9.89. The number of aromatic nitrogens is 4. The van der Waals surface area contributed by atoms with E-state index in [4.69, 9.17) is 0 Å². The number of rotatable bonds is 6. The van der Waals surface area contributed by atoms with Crippen molar-refractivity contribution in [3.63, 3.8) is 0 Å². The van der Waals surface area contributed by atoms with Crippen molar-refractivity contribution in [1.29, 1.82) is 0 Å². The van der Waals surface area contributed by atoms with Crippen LogP contribution >= 0.6 is 0 Å². The number of ketones is 1. The molecule has 0 N–H and O–H groups in total. The minimum atomic E-state index is -4.13. The number of carbonyl (C=O) groups is 1. The zero-order valence-corrected chi connectivity index (χ0v) is 18.5. The molecule has 0 atom stereocenters. The van der Waals surface area contributed by atoms with Crippen LogP contribution in [0.1, 0.15) is 31.4 Å². The number of likely N-dealkylation sites (tertiary alicyclic amines) is 1. The van der Waals surface area contributed by atoms with E-state index in [0.29, 0.717) is 31.6 Å². The number of fused-ring (bicyclic) bond motifs is 1. The van der Waals surface area contributed by atoms with E-state index < -0.39 is 11.6 Å². The molecule has 3 aromatic rings. The van der Waals surface area contributed by atoms with Crippen LogP contribution in [0.5, 0.6) is 0 Å². The number of hydrogen-bond donors (Lipinski definition) is 0. The van der Waals surface area contributed by atoms with Crippen LogP contribution in [0.15, 0.2) is 36.9 Å². The number of hydrogen-bond acceptors (Lipinski definition) is 5. The number of Topliss-reactive ketones (excluding diaryl/α,β-unsaturated/α-hetero) is 1. The predicted octanol–water partition coefficient (Wildman–Crippen LogP) is 4.20. The fourth-order valence-corrected chi connectivity index (χ4v) is 4.75. The lowest BCUT2D eigenvalue weighted by Gasteiger charge is -2.34. The first-order chi connectivity index (χ1) is 15.7. The van der Waals surface area contributed by atoms with Gasteiger partial charge in [-0.3, -0.25) is 19.4 Å². The summed E-state index contributed by atoms with van der Waals surface area (Å²) < 4.78 is 41.4. The van der Waals surface area contributed by atoms with Crippen LogP contribution in [0.2, 0.25) is 0 Å². The highest BCUT2D eigenvalue weighted by Gasteiger charge is 2.63. The van der Waals surface area contributed by atoms with Crippen molar-refractivity contribution in [3.05, 3.63) is 42.6 Å². The van der Waals surface area contributed by atoms with Gasteiger partial charge in [-0.2, -0.15) is 18.3 Å². The van der Waals surface area contributed by atoms with Gasteiger partial charge in [0.15, 0.2) is 0 Å². The quantitative estimate of drug-likeness (QED) is 0.555. The molecule has 2 fully saturated rings. The second-order valence-electron chi connectivity index (χ2n) is 9.47. The second kappa shape index (κ2) is 8.20. The van der Waals surface area contributed by atoms with Crippen LogP contribution < -0.4 is 0 Å². The Balaban J connectivity index is 1.21. The number of aryl methyl sites for hydroxylation is 1. The fraction of sp³-hybridized carbons (Fsp3) is 0.500. The van der Waals surface area contributed by atoms with Crippen molar-refractivity contribution in [3.8, 4) is 11.1 Å². The third-order valence-corrected chi connectivity index (χ3v) is 7.04. The summed E-state index contributed by atoms with van der Waals surface area (Å²) in [7, 11) is 1.86. The Bertz CT molecular complexity index is 1180. The monoisotopic (exact) mass is 457 g/mol. The smallest absolute Gasteiger partial charge is 0.302 e. The van der Waals surface area contributed by atoms with Crippen molar-refractivity contribution in [2.75, 3.05) is 19.6 Å². The maximum atomic E-state index is 13.2. The lowest BCUT2D eigenvalue weighted by Crippen LogP contribution is -2.43. The van der Waals surface area contributed by atoms with E-state index in [0.717, 1.165) is 22.0 Å². The summed E-state index contributed by atoms with van der Waals surface area (Å²) in [5, 5.41) is 5.10. The zero-order chi connectivity index (χ0) is 23.2. The first-order valence-corrected chi connectivity index (χ1v) is 11.3. The van der Waals surface area contributed by atoms with Gasteiger partial charge in [0.1, 0.15) is 5.78 Å². The molecule has 1 aliphatic heterocycles. The first kappa shape index (κ1) is 22.0. The molecule has 0 bridgehead atoms. The largest absolute Gasteiger partial charge is 0.395 e. The number of alkyl halides is 3. The number of carbonyl (C=O) groups excluding carboxylic acids is 1. The maximum Gasteiger partial charge on any atom is 0.395 e. The molecule has 174 valence electrons. The second-order valence-corrected chi connectivity index (χ2v) is 9.47. The minimum absolute atomic E-state index is 0.0654. The molecule has 1 saturated carbocycles. The molecule has 1 saturated heterocycles. The molecule has 9 heteroatoms. The zero-order valence-electron chi connectivity index (χ0n) is 18.5. The van der Waals surface area contributed by atoms with Crippen LogP contribution in [0, 0.1) is 11.3 Å². The molecule has 0 aromatic carbocycles. The predicted molar refractivity (Wildman–Crippen MR) is 117 cm³/mol. The van der Waals surface area contributed by atoms with Crippen molar-refractivity contribution < 1.29 is 18.0 Å². The molecule has 0 amide bonds. The summed E-state index contributed by atoms with van der Waals surface area (Å²) in [6.45, 7) is 1.14. The van der Waals surface area contributed by atoms with Crippen molar-refractivity contribution in [2.24, 2.45) is 18.4 Å². The summed E-state index contributed by atoms with van der Waals surface area (Å²) >= 11 is 0. The van der Waals surface area contributed by atoms with E-state index in [-0.39, 0.29) is 37.5 Å². The summed E-state index contributed by atoms with van der Waals surface area (Å²) in [6, 6.07) is 3.91. The normalized spacial score (nSPS) is 19.2. The Morgan fingerprint density at radius 2 is 1.85 bits per heavy atom. The van der Waals surface area contributed by atoms with Gasteiger partial charge in [0, 0.05) is 60.5 Å². The first-order valence-electron chi connectivity index (χ1n) is 11.3. The molecular weight excluding hydrogens is 431 g/mol. The Hall–Kier alpha value is -2.81. The van der Waals surface area contributed by atoms with Gasteiger partial charge >= 0.3 is 6.18 Å². The number of pyridine rings is 2. The summed E-state index contributed by atoms with van der Waals surface area (Å²) in [4.78, 5) is 23.7. The number of piperidine rings is 1. The Morgan fingerprint density at radius 1 is 1.09 bits per heavy atom. The molecule has 4 heterocycles. The van der Waals surface area contributed by atoms with Crippen molar-refractivity contribution in [2.45, 2.75) is 38.3 Å². The molecule has 0 unspecified atom stereocenters. The van der Waals surface area contributed by atoms with Crippen LogP contribution in [-0.4, -0.2) is 56.2 Å². The third-order valence-electron chi connectivity index (χ3n) is 7.04. The van der Waals surface area contributed by atoms with Gasteiger partial charge in [-0.1, -0.05) is 0 Å². The molecule has 2 aliphatic rings. The van der Waals surface area contributed by atoms with Gasteiger partial charge in [0.05, 0.1) is 23.3 Å². The van der Waals surface area contributed by atoms with E-state index in [1.54, 1.807) is 23.3 Å². The standard InChI is InChI=1S/C24H26F3N5O/c1-31-14-19(12-30-31)18-8-17-9-20(28-13-21(17)29-11-18)10-22(33)16-2-6-32(7-3-16)15-23(4-5-23)24(25,26)27/h8-9,11-14,16H,2-7,10,15H2,1H3. The molecule has 6 nitrogen and oxygen atoms in total. The van der Waals surface area contributed by atoms with Gasteiger partial charge in [0.25, 0.3) is 0 Å². The van der Waals surface area contributed by atoms with E-state index in [2.05, 4.69) is 15.1 Å². The van der Waals surface area contributed by atoms with Crippen molar-refractivity contribution >= 4 is 16.7 Å². The molecule has 0 radical (unpaired) electrons. The summed E-state index contributed by atoms with van der Waals surface area (Å²) in [5.41, 5.74) is 1.84. The average molecular weight is 458 g/mol.